The number of para-hydroxylation sites is 1. The van der Waals surface area contributed by atoms with E-state index in [9.17, 15) is 0 Å². The first-order valence-corrected chi connectivity index (χ1v) is 12.2. The van der Waals surface area contributed by atoms with Crippen LogP contribution in [-0.4, -0.2) is 40.5 Å². The third-order valence-electron chi connectivity index (χ3n) is 5.36. The van der Waals surface area contributed by atoms with Gasteiger partial charge in [-0.1, -0.05) is 30.0 Å². The Morgan fingerprint density at radius 3 is 2.64 bits per heavy atom. The van der Waals surface area contributed by atoms with Crippen LogP contribution in [0.1, 0.15) is 12.0 Å². The van der Waals surface area contributed by atoms with E-state index in [0.29, 0.717) is 11.4 Å². The number of rotatable bonds is 7. The third kappa shape index (κ3) is 4.93. The largest absolute Gasteiger partial charge is 0.440 e. The summed E-state index contributed by atoms with van der Waals surface area (Å²) < 4.78 is 11.0. The lowest BCUT2D eigenvalue weighted by molar-refractivity contribution is 0.0529. The Balaban J connectivity index is 1.35. The smallest absolute Gasteiger partial charge is 0.337 e. The molecule has 3 heterocycles. The van der Waals surface area contributed by atoms with Gasteiger partial charge in [-0.25, -0.2) is 4.98 Å². The summed E-state index contributed by atoms with van der Waals surface area (Å²) in [5.74, 6) is 1.45. The zero-order chi connectivity index (χ0) is 22.5. The molecule has 2 unspecified atom stereocenters. The Morgan fingerprint density at radius 2 is 1.94 bits per heavy atom. The number of hydrogen-bond donors (Lipinski definition) is 2. The van der Waals surface area contributed by atoms with E-state index in [1.807, 2.05) is 79.3 Å². The Labute approximate surface area is 201 Å². The highest BCUT2D eigenvalue weighted by Gasteiger charge is 2.47. The molecule has 2 aliphatic heterocycles. The predicted octanol–water partition coefficient (Wildman–Crippen LogP) is 4.56. The van der Waals surface area contributed by atoms with Gasteiger partial charge in [0.1, 0.15) is 17.9 Å². The summed E-state index contributed by atoms with van der Waals surface area (Å²) in [4.78, 5) is 8.85. The molecule has 2 N–H and O–H groups in total. The van der Waals surface area contributed by atoms with E-state index in [0.717, 1.165) is 35.1 Å². The van der Waals surface area contributed by atoms with E-state index in [4.69, 9.17) is 10.00 Å². The zero-order valence-electron chi connectivity index (χ0n) is 17.7. The van der Waals surface area contributed by atoms with E-state index < -0.39 is 5.18 Å². The molecule has 0 saturated carbocycles. The van der Waals surface area contributed by atoms with E-state index in [1.54, 1.807) is 11.8 Å². The Kier molecular flexibility index (Phi) is 6.39. The maximum atomic E-state index is 8.97. The van der Waals surface area contributed by atoms with Crippen LogP contribution in [-0.2, 0) is 0 Å². The summed E-state index contributed by atoms with van der Waals surface area (Å²) in [6.45, 7) is 1.85. The molecule has 166 valence electrons. The second-order valence-corrected chi connectivity index (χ2v) is 9.70. The number of nitriles is 1. The first-order valence-electron chi connectivity index (χ1n) is 10.6. The standard InChI is InChI=1S/C24H22N6OS2/c25-14-18-6-8-21(9-7-18)32-22-10-11-23(27-16-22)29-24(31-20-4-2-1-3-5-20)30(17-28-33-24)19-12-13-26-15-19/h1-11,16-17,19,26H,12-13,15H2,(H,27,29). The molecular weight excluding hydrogens is 452 g/mol. The molecule has 0 bridgehead atoms. The molecule has 2 aliphatic rings. The maximum absolute atomic E-state index is 8.97. The van der Waals surface area contributed by atoms with Crippen LogP contribution in [0.15, 0.2) is 87.1 Å². The van der Waals surface area contributed by atoms with Gasteiger partial charge in [0.2, 0.25) is 0 Å². The van der Waals surface area contributed by atoms with Gasteiger partial charge in [-0.3, -0.25) is 4.90 Å². The maximum Gasteiger partial charge on any atom is 0.337 e. The van der Waals surface area contributed by atoms with Gasteiger partial charge in [-0.2, -0.15) is 9.66 Å². The second kappa shape index (κ2) is 9.75. The third-order valence-corrected chi connectivity index (χ3v) is 7.18. The van der Waals surface area contributed by atoms with E-state index in [2.05, 4.69) is 31.0 Å². The van der Waals surface area contributed by atoms with Crippen molar-refractivity contribution < 1.29 is 4.74 Å². The molecule has 0 radical (unpaired) electrons. The molecule has 2 aromatic carbocycles. The number of nitrogens with zero attached hydrogens (tertiary/aromatic N) is 4. The summed E-state index contributed by atoms with van der Waals surface area (Å²) in [5.41, 5.74) is 0.652. The normalized spacial score (nSPS) is 21.7. The lowest BCUT2D eigenvalue weighted by Gasteiger charge is -2.40. The van der Waals surface area contributed by atoms with Gasteiger partial charge in [0, 0.05) is 22.5 Å². The van der Waals surface area contributed by atoms with Gasteiger partial charge in [0.05, 0.1) is 29.6 Å². The highest BCUT2D eigenvalue weighted by Crippen LogP contribution is 2.40. The van der Waals surface area contributed by atoms with Crippen molar-refractivity contribution >= 4 is 35.9 Å². The van der Waals surface area contributed by atoms with Gasteiger partial charge in [0.25, 0.3) is 0 Å². The molecule has 5 rings (SSSR count). The molecule has 0 amide bonds. The summed E-state index contributed by atoms with van der Waals surface area (Å²) in [5, 5.41) is 15.0. The molecule has 0 spiro atoms. The molecule has 1 aromatic heterocycles. The number of benzene rings is 2. The minimum absolute atomic E-state index is 0.270. The number of nitrogens with one attached hydrogen (secondary N) is 2. The van der Waals surface area contributed by atoms with Crippen LogP contribution in [0.4, 0.5) is 5.82 Å². The fourth-order valence-electron chi connectivity index (χ4n) is 3.72. The number of aromatic nitrogens is 1. The fourth-order valence-corrected chi connectivity index (χ4v) is 5.37. The molecule has 0 aliphatic carbocycles. The van der Waals surface area contributed by atoms with Crippen molar-refractivity contribution in [1.29, 1.82) is 5.26 Å². The van der Waals surface area contributed by atoms with Crippen molar-refractivity contribution in [3.8, 4) is 11.8 Å². The number of pyridine rings is 1. The second-order valence-electron chi connectivity index (χ2n) is 7.61. The van der Waals surface area contributed by atoms with Gasteiger partial charge >= 0.3 is 5.18 Å². The van der Waals surface area contributed by atoms with Crippen molar-refractivity contribution in [3.05, 3.63) is 78.5 Å². The molecule has 33 heavy (non-hydrogen) atoms. The highest BCUT2D eigenvalue weighted by atomic mass is 32.2. The lowest BCUT2D eigenvalue weighted by atomic mass is 10.2. The van der Waals surface area contributed by atoms with Gasteiger partial charge in [-0.05, 0) is 61.5 Å². The average Bonchev–Trinajstić information content (AvgIpc) is 3.52. The van der Waals surface area contributed by atoms with Crippen LogP contribution in [0.2, 0.25) is 0 Å². The first-order chi connectivity index (χ1) is 16.2. The monoisotopic (exact) mass is 474 g/mol. The molecule has 1 fully saturated rings. The number of hydrogen-bond acceptors (Lipinski definition) is 9. The first kappa shape index (κ1) is 21.6. The van der Waals surface area contributed by atoms with Crippen LogP contribution in [0.3, 0.4) is 0 Å². The molecule has 3 aromatic rings. The van der Waals surface area contributed by atoms with E-state index >= 15 is 0 Å². The Hall–Kier alpha value is -3.19. The van der Waals surface area contributed by atoms with Crippen molar-refractivity contribution in [2.45, 2.75) is 27.4 Å². The van der Waals surface area contributed by atoms with Gasteiger partial charge < -0.3 is 15.4 Å². The van der Waals surface area contributed by atoms with Crippen molar-refractivity contribution in [3.63, 3.8) is 0 Å². The Morgan fingerprint density at radius 1 is 1.12 bits per heavy atom. The lowest BCUT2D eigenvalue weighted by Crippen LogP contribution is -2.57. The summed E-state index contributed by atoms with van der Waals surface area (Å²) in [6, 6.07) is 23.7. The Bertz CT molecular complexity index is 1140. The van der Waals surface area contributed by atoms with Crippen molar-refractivity contribution in [2.75, 3.05) is 18.4 Å². The topological polar surface area (TPSA) is 85.6 Å². The SMILES string of the molecule is N#Cc1ccc(Sc2ccc(NC3(Oc4ccccc4)SN=CN3C3CCNC3)nc2)cc1. The quantitative estimate of drug-likeness (QED) is 0.381. The van der Waals surface area contributed by atoms with Gasteiger partial charge in [-0.15, -0.1) is 0 Å². The van der Waals surface area contributed by atoms with Crippen LogP contribution in [0, 0.1) is 11.3 Å². The molecule has 2 atom stereocenters. The predicted molar refractivity (Wildman–Crippen MR) is 132 cm³/mol. The minimum atomic E-state index is -0.924. The fraction of sp³-hybridized carbons (Fsp3) is 0.208. The molecule has 7 nitrogen and oxygen atoms in total. The minimum Gasteiger partial charge on any atom is -0.440 e. The summed E-state index contributed by atoms with van der Waals surface area (Å²) in [7, 11) is 0. The summed E-state index contributed by atoms with van der Waals surface area (Å²) >= 11 is 2.95. The molecule has 1 saturated heterocycles. The van der Waals surface area contributed by atoms with Crippen molar-refractivity contribution in [2.24, 2.45) is 4.40 Å². The van der Waals surface area contributed by atoms with Crippen LogP contribution in [0.25, 0.3) is 0 Å². The van der Waals surface area contributed by atoms with E-state index in [-0.39, 0.29) is 6.04 Å². The van der Waals surface area contributed by atoms with Crippen molar-refractivity contribution in [1.82, 2.24) is 15.2 Å². The molecular formula is C24H22N6OS2. The number of anilines is 1. The summed E-state index contributed by atoms with van der Waals surface area (Å²) in [6.07, 6.45) is 4.71. The molecule has 9 heteroatoms. The highest BCUT2D eigenvalue weighted by molar-refractivity contribution is 7.99. The average molecular weight is 475 g/mol. The zero-order valence-corrected chi connectivity index (χ0v) is 19.4. The van der Waals surface area contributed by atoms with Crippen LogP contribution < -0.4 is 15.4 Å². The van der Waals surface area contributed by atoms with Crippen LogP contribution >= 0.6 is 23.7 Å². The van der Waals surface area contributed by atoms with Crippen LogP contribution in [0.5, 0.6) is 5.75 Å². The van der Waals surface area contributed by atoms with Gasteiger partial charge in [0.15, 0.2) is 0 Å². The van der Waals surface area contributed by atoms with E-state index in [1.165, 1.54) is 11.9 Å². The number of ether oxygens (including phenoxy) is 1.